The number of halogens is 3. The number of ether oxygens (including phenoxy) is 1. The second-order valence-electron chi connectivity index (χ2n) is 4.35. The highest BCUT2D eigenvalue weighted by molar-refractivity contribution is 5.62. The Hall–Kier alpha value is -1.50. The molecule has 0 aliphatic rings. The average molecular weight is 277 g/mol. The van der Waals surface area contributed by atoms with Gasteiger partial charge in [0, 0.05) is 19.3 Å². The van der Waals surface area contributed by atoms with Crippen LogP contribution in [0, 0.1) is 0 Å². The van der Waals surface area contributed by atoms with E-state index in [1.54, 1.807) is 0 Å². The number of nitrogens with one attached hydrogen (secondary N) is 1. The maximum atomic E-state index is 12.5. The van der Waals surface area contributed by atoms with Gasteiger partial charge in [0.2, 0.25) is 0 Å². The smallest absolute Gasteiger partial charge is 0.382 e. The van der Waals surface area contributed by atoms with Gasteiger partial charge < -0.3 is 15.8 Å². The van der Waals surface area contributed by atoms with Crippen LogP contribution in [0.3, 0.4) is 0 Å². The summed E-state index contributed by atoms with van der Waals surface area (Å²) in [5.74, 6) is 0.0535. The summed E-state index contributed by atoms with van der Waals surface area (Å²) in [5.41, 5.74) is 4.90. The number of nitrogen functional groups attached to an aromatic ring is 1. The van der Waals surface area contributed by atoms with E-state index in [4.69, 9.17) is 10.5 Å². The number of pyridine rings is 1. The maximum Gasteiger partial charge on any atom is 0.417 e. The molecule has 7 heteroatoms. The molecule has 0 bridgehead atoms. The minimum Gasteiger partial charge on any atom is -0.382 e. The molecule has 0 aromatic carbocycles. The lowest BCUT2D eigenvalue weighted by atomic mass is 10.2. The van der Waals surface area contributed by atoms with Gasteiger partial charge in [-0.25, -0.2) is 4.98 Å². The van der Waals surface area contributed by atoms with Crippen molar-refractivity contribution in [2.24, 2.45) is 0 Å². The third kappa shape index (κ3) is 5.34. The highest BCUT2D eigenvalue weighted by Crippen LogP contribution is 2.31. The molecule has 1 aromatic rings. The molecule has 0 fully saturated rings. The van der Waals surface area contributed by atoms with Gasteiger partial charge in [0.05, 0.1) is 17.4 Å². The van der Waals surface area contributed by atoms with E-state index < -0.39 is 11.7 Å². The van der Waals surface area contributed by atoms with Gasteiger partial charge in [-0.15, -0.1) is 0 Å². The molecule has 0 saturated carbocycles. The summed E-state index contributed by atoms with van der Waals surface area (Å²) < 4.78 is 42.8. The van der Waals surface area contributed by atoms with E-state index in [-0.39, 0.29) is 17.6 Å². The van der Waals surface area contributed by atoms with E-state index in [0.29, 0.717) is 19.6 Å². The van der Waals surface area contributed by atoms with Crippen molar-refractivity contribution in [2.45, 2.75) is 32.5 Å². The summed E-state index contributed by atoms with van der Waals surface area (Å²) >= 11 is 0. The van der Waals surface area contributed by atoms with Crippen LogP contribution < -0.4 is 11.1 Å². The molecule has 108 valence electrons. The van der Waals surface area contributed by atoms with Gasteiger partial charge in [-0.3, -0.25) is 0 Å². The molecule has 3 N–H and O–H groups in total. The van der Waals surface area contributed by atoms with Crippen LogP contribution in [0.1, 0.15) is 25.8 Å². The van der Waals surface area contributed by atoms with Crippen molar-refractivity contribution < 1.29 is 17.9 Å². The Morgan fingerprint density at radius 1 is 1.42 bits per heavy atom. The van der Waals surface area contributed by atoms with Crippen LogP contribution in [0.5, 0.6) is 0 Å². The van der Waals surface area contributed by atoms with E-state index in [9.17, 15) is 13.2 Å². The number of nitrogens with two attached hydrogens (primary N) is 1. The van der Waals surface area contributed by atoms with Crippen LogP contribution in [0.15, 0.2) is 12.3 Å². The molecular weight excluding hydrogens is 259 g/mol. The van der Waals surface area contributed by atoms with Crippen molar-refractivity contribution in [1.29, 1.82) is 0 Å². The van der Waals surface area contributed by atoms with Crippen LogP contribution >= 0.6 is 0 Å². The molecule has 4 nitrogen and oxygen atoms in total. The molecular formula is C12H18F3N3O. The molecule has 1 heterocycles. The van der Waals surface area contributed by atoms with Crippen LogP contribution in [-0.4, -0.2) is 24.2 Å². The molecule has 0 amide bonds. The van der Waals surface area contributed by atoms with E-state index in [0.717, 1.165) is 12.3 Å². The summed E-state index contributed by atoms with van der Waals surface area (Å²) in [7, 11) is 0. The number of anilines is 2. The van der Waals surface area contributed by atoms with Crippen molar-refractivity contribution >= 4 is 11.5 Å². The molecule has 0 radical (unpaired) electrons. The fraction of sp³-hybridized carbons (Fsp3) is 0.583. The fourth-order valence-corrected chi connectivity index (χ4v) is 1.39. The first-order chi connectivity index (χ1) is 8.80. The highest BCUT2D eigenvalue weighted by atomic mass is 19.4. The Labute approximate surface area is 110 Å². The van der Waals surface area contributed by atoms with Gasteiger partial charge in [0.1, 0.15) is 5.82 Å². The maximum absolute atomic E-state index is 12.5. The van der Waals surface area contributed by atoms with Crippen molar-refractivity contribution in [3.8, 4) is 0 Å². The van der Waals surface area contributed by atoms with Gasteiger partial charge in [0.15, 0.2) is 0 Å². The van der Waals surface area contributed by atoms with Gasteiger partial charge in [-0.2, -0.15) is 13.2 Å². The number of rotatable bonds is 6. The van der Waals surface area contributed by atoms with Crippen molar-refractivity contribution in [3.63, 3.8) is 0 Å². The first kappa shape index (κ1) is 15.6. The summed E-state index contributed by atoms with van der Waals surface area (Å²) in [4.78, 5) is 3.54. The van der Waals surface area contributed by atoms with E-state index in [1.807, 2.05) is 13.8 Å². The largest absolute Gasteiger partial charge is 0.417 e. The number of alkyl halides is 3. The highest BCUT2D eigenvalue weighted by Gasteiger charge is 2.31. The Bertz CT molecular complexity index is 408. The normalized spacial score (nSPS) is 11.9. The Morgan fingerprint density at radius 2 is 2.11 bits per heavy atom. The predicted molar refractivity (Wildman–Crippen MR) is 67.8 cm³/mol. The fourth-order valence-electron chi connectivity index (χ4n) is 1.39. The summed E-state index contributed by atoms with van der Waals surface area (Å²) in [6.07, 6.45) is -2.88. The van der Waals surface area contributed by atoms with Gasteiger partial charge in [-0.1, -0.05) is 0 Å². The van der Waals surface area contributed by atoms with Gasteiger partial charge >= 0.3 is 6.18 Å². The quantitative estimate of drug-likeness (QED) is 0.785. The molecule has 0 aliphatic heterocycles. The van der Waals surface area contributed by atoms with Crippen molar-refractivity contribution in [3.05, 3.63) is 17.8 Å². The number of aromatic nitrogens is 1. The number of hydrogen-bond donors (Lipinski definition) is 2. The molecule has 1 rings (SSSR count). The summed E-state index contributed by atoms with van der Waals surface area (Å²) in [6, 6.07) is 0.964. The lowest BCUT2D eigenvalue weighted by molar-refractivity contribution is -0.137. The minimum atomic E-state index is -4.42. The molecule has 0 atom stereocenters. The minimum absolute atomic E-state index is 0.0535. The summed E-state index contributed by atoms with van der Waals surface area (Å²) in [5, 5.41) is 2.83. The van der Waals surface area contributed by atoms with Crippen LogP contribution in [-0.2, 0) is 10.9 Å². The predicted octanol–water partition coefficient (Wildman–Crippen LogP) is 2.91. The zero-order chi connectivity index (χ0) is 14.5. The SMILES string of the molecule is CC(C)OCCCNc1cc(C(F)(F)F)cnc1N. The third-order valence-electron chi connectivity index (χ3n) is 2.33. The lowest BCUT2D eigenvalue weighted by Gasteiger charge is -2.12. The van der Waals surface area contributed by atoms with Gasteiger partial charge in [-0.05, 0) is 26.3 Å². The molecule has 0 saturated heterocycles. The van der Waals surface area contributed by atoms with E-state index in [1.165, 1.54) is 0 Å². The Morgan fingerprint density at radius 3 is 2.68 bits per heavy atom. The Kier molecular flexibility index (Phi) is 5.41. The second-order valence-corrected chi connectivity index (χ2v) is 4.35. The summed E-state index contributed by atoms with van der Waals surface area (Å²) in [6.45, 7) is 4.85. The van der Waals surface area contributed by atoms with E-state index >= 15 is 0 Å². The molecule has 1 aromatic heterocycles. The lowest BCUT2D eigenvalue weighted by Crippen LogP contribution is -2.12. The van der Waals surface area contributed by atoms with Crippen LogP contribution in [0.4, 0.5) is 24.7 Å². The Balaban J connectivity index is 2.53. The zero-order valence-corrected chi connectivity index (χ0v) is 10.9. The van der Waals surface area contributed by atoms with Crippen LogP contribution in [0.2, 0.25) is 0 Å². The molecule has 0 unspecified atom stereocenters. The topological polar surface area (TPSA) is 60.2 Å². The second kappa shape index (κ2) is 6.60. The third-order valence-corrected chi connectivity index (χ3v) is 2.33. The zero-order valence-electron chi connectivity index (χ0n) is 10.9. The van der Waals surface area contributed by atoms with Crippen molar-refractivity contribution in [1.82, 2.24) is 4.98 Å². The van der Waals surface area contributed by atoms with Crippen molar-refractivity contribution in [2.75, 3.05) is 24.2 Å². The number of nitrogens with zero attached hydrogens (tertiary/aromatic N) is 1. The molecule has 0 aliphatic carbocycles. The van der Waals surface area contributed by atoms with E-state index in [2.05, 4.69) is 10.3 Å². The van der Waals surface area contributed by atoms with Crippen LogP contribution in [0.25, 0.3) is 0 Å². The average Bonchev–Trinajstić information content (AvgIpc) is 2.29. The first-order valence-electron chi connectivity index (χ1n) is 5.99. The van der Waals surface area contributed by atoms with Gasteiger partial charge in [0.25, 0.3) is 0 Å². The first-order valence-corrected chi connectivity index (χ1v) is 5.99. The molecule has 19 heavy (non-hydrogen) atoms. The number of hydrogen-bond acceptors (Lipinski definition) is 4. The monoisotopic (exact) mass is 277 g/mol. The molecule has 0 spiro atoms. The standard InChI is InChI=1S/C12H18F3N3O/c1-8(2)19-5-3-4-17-10-6-9(12(13,14)15)7-18-11(10)16/h6-8,17H,3-5H2,1-2H3,(H2,16,18).